The first-order valence-corrected chi connectivity index (χ1v) is 35.1. The summed E-state index contributed by atoms with van der Waals surface area (Å²) in [7, 11) is 0. The van der Waals surface area contributed by atoms with Gasteiger partial charge in [0.05, 0.1) is 46.7 Å². The molecule has 2 heterocycles. The Morgan fingerprint density at radius 3 is 0.898 bits per heavy atom. The predicted octanol–water partition coefficient (Wildman–Crippen LogP) is 26.0. The van der Waals surface area contributed by atoms with E-state index < -0.39 is 0 Å². The Kier molecular flexibility index (Phi) is 22.9. The van der Waals surface area contributed by atoms with Crippen LogP contribution in [0.4, 0.5) is 0 Å². The molecule has 2 N–H and O–H groups in total. The number of phenolic OH excluding ortho intramolecular Hbond substituents is 2. The standard InChI is InChI=1S/C88H110N2O4.CH4.2CH3.Zr/c1-81(2,3)53-87(19,20)61-47-69(79(91)75(49-61)89-71-39-35-57(83(7,8)9)43-65(71)66-44-58(84(10,11)12)36-40-72(66)89)63-31-25-27-33-77(63)93-51-55-29-23-24-30-56(55)52-94-78-34-28-26-32-64(78)70-48-62(88(21,22)54-82(4,5)6)50-76(80(70)92)90-73-41-37-59(85(13,14)15)45-67(73)68-46-60(86(16,17)18)38-42-74(68)90;;;;/h25-28,31-50,55-56,91-92H,23-24,29-30,51-54H2,1-22H3;1H4;2*1H3;/q;;2*-1;+2. The third-order valence-electron chi connectivity index (χ3n) is 20.5. The minimum Gasteiger partial charge on any atom is -0.505 e. The molecule has 522 valence electrons. The molecule has 0 spiro atoms. The summed E-state index contributed by atoms with van der Waals surface area (Å²) in [6, 6.07) is 53.3. The maximum absolute atomic E-state index is 13.2. The number of rotatable bonds is 14. The van der Waals surface area contributed by atoms with Gasteiger partial charge in [0, 0.05) is 43.8 Å². The van der Waals surface area contributed by atoms with Crippen molar-refractivity contribution in [1.29, 1.82) is 0 Å². The molecule has 1 fully saturated rings. The van der Waals surface area contributed by atoms with Gasteiger partial charge in [0.25, 0.3) is 0 Å². The number of benzene rings is 8. The van der Waals surface area contributed by atoms with Crippen LogP contribution in [0.3, 0.4) is 0 Å². The van der Waals surface area contributed by atoms with Gasteiger partial charge in [-0.3, -0.25) is 0 Å². The number of hydrogen-bond donors (Lipinski definition) is 2. The van der Waals surface area contributed by atoms with Gasteiger partial charge >= 0.3 is 26.2 Å². The molecule has 8 aromatic carbocycles. The quantitative estimate of drug-likeness (QED) is 0.106. The number of aromatic nitrogens is 2. The van der Waals surface area contributed by atoms with Crippen molar-refractivity contribution >= 4 is 43.6 Å². The number of nitrogens with zero attached hydrogens (tertiary/aromatic N) is 2. The summed E-state index contributed by atoms with van der Waals surface area (Å²) in [5.41, 5.74) is 15.9. The molecule has 7 heteroatoms. The molecule has 0 aliphatic heterocycles. The molecule has 0 saturated heterocycles. The molecule has 11 rings (SSSR count). The normalized spacial score (nSPS) is 15.2. The van der Waals surface area contributed by atoms with Crippen LogP contribution in [0, 0.1) is 37.5 Å². The van der Waals surface area contributed by atoms with Crippen LogP contribution < -0.4 is 9.47 Å². The second kappa shape index (κ2) is 28.5. The largest absolute Gasteiger partial charge is 2.00 e. The summed E-state index contributed by atoms with van der Waals surface area (Å²) in [5, 5.41) is 31.2. The first-order chi connectivity index (χ1) is 43.7. The van der Waals surface area contributed by atoms with Crippen LogP contribution in [0.15, 0.2) is 146 Å². The average Bonchev–Trinajstić information content (AvgIpc) is 1.54. The number of ether oxygens (including phenoxy) is 2. The van der Waals surface area contributed by atoms with Gasteiger partial charge in [-0.1, -0.05) is 233 Å². The van der Waals surface area contributed by atoms with Crippen molar-refractivity contribution < 1.29 is 45.9 Å². The molecular formula is C91H120N2O4Zr. The first kappa shape index (κ1) is 78.8. The smallest absolute Gasteiger partial charge is 0.505 e. The second-order valence-corrected chi connectivity index (χ2v) is 36.0. The molecule has 1 aliphatic carbocycles. The molecule has 2 atom stereocenters. The van der Waals surface area contributed by atoms with E-state index in [2.05, 4.69) is 307 Å². The van der Waals surface area contributed by atoms with Crippen LogP contribution in [-0.4, -0.2) is 32.6 Å². The Labute approximate surface area is 611 Å². The average molecular weight is 1400 g/mol. The van der Waals surface area contributed by atoms with Gasteiger partial charge in [-0.15, -0.1) is 0 Å². The summed E-state index contributed by atoms with van der Waals surface area (Å²) < 4.78 is 19.0. The van der Waals surface area contributed by atoms with Crippen molar-refractivity contribution in [2.75, 3.05) is 13.2 Å². The zero-order chi connectivity index (χ0) is 68.2. The molecular weight excluding hydrogens is 1280 g/mol. The van der Waals surface area contributed by atoms with Gasteiger partial charge in [-0.25, -0.2) is 0 Å². The monoisotopic (exact) mass is 1390 g/mol. The van der Waals surface area contributed by atoms with E-state index in [-0.39, 0.29) is 115 Å². The summed E-state index contributed by atoms with van der Waals surface area (Å²) in [5.74, 6) is 2.41. The van der Waals surface area contributed by atoms with Gasteiger partial charge in [-0.05, 0) is 199 Å². The van der Waals surface area contributed by atoms with Gasteiger partial charge in [0.1, 0.15) is 23.0 Å². The van der Waals surface area contributed by atoms with E-state index >= 15 is 0 Å². The van der Waals surface area contributed by atoms with Crippen LogP contribution in [0.1, 0.15) is 232 Å². The fraction of sp³-hybridized carbons (Fsp3) is 0.451. The van der Waals surface area contributed by atoms with Gasteiger partial charge in [-0.2, -0.15) is 0 Å². The Morgan fingerprint density at radius 1 is 0.357 bits per heavy atom. The molecule has 1 saturated carbocycles. The van der Waals surface area contributed by atoms with Crippen LogP contribution in [0.2, 0.25) is 0 Å². The summed E-state index contributed by atoms with van der Waals surface area (Å²) in [6.07, 6.45) is 6.17. The van der Waals surface area contributed by atoms with E-state index in [1.54, 1.807) is 0 Å². The Bertz CT molecular complexity index is 4060. The molecule has 0 amide bonds. The van der Waals surface area contributed by atoms with Crippen LogP contribution in [-0.2, 0) is 58.7 Å². The zero-order valence-electron chi connectivity index (χ0n) is 63.8. The van der Waals surface area contributed by atoms with Gasteiger partial charge < -0.3 is 43.7 Å². The predicted molar refractivity (Wildman–Crippen MR) is 421 cm³/mol. The van der Waals surface area contributed by atoms with Crippen molar-refractivity contribution in [1.82, 2.24) is 9.13 Å². The molecule has 2 unspecified atom stereocenters. The number of fused-ring (bicyclic) bond motifs is 6. The minimum atomic E-state index is -0.247. The summed E-state index contributed by atoms with van der Waals surface area (Å²) in [4.78, 5) is 0. The third-order valence-corrected chi connectivity index (χ3v) is 20.5. The van der Waals surface area contributed by atoms with Gasteiger partial charge in [0.15, 0.2) is 0 Å². The number of hydrogen-bond acceptors (Lipinski definition) is 4. The molecule has 1 aliphatic rings. The Balaban J connectivity index is 0.00000338. The molecule has 2 aromatic heterocycles. The van der Waals surface area contributed by atoms with E-state index in [0.717, 1.165) is 106 Å². The summed E-state index contributed by atoms with van der Waals surface area (Å²) in [6.45, 7) is 51.7. The van der Waals surface area contributed by atoms with Crippen molar-refractivity contribution in [2.24, 2.45) is 22.7 Å². The van der Waals surface area contributed by atoms with Crippen molar-refractivity contribution in [3.8, 4) is 56.6 Å². The molecule has 0 bridgehead atoms. The second-order valence-electron chi connectivity index (χ2n) is 36.0. The molecule has 6 nitrogen and oxygen atoms in total. The Morgan fingerprint density at radius 2 is 0.633 bits per heavy atom. The first-order valence-electron chi connectivity index (χ1n) is 35.1. The SMILES string of the molecule is C.CC(C)(C)CC(C)(C)c1cc(-c2ccccc2OCC2CCCCC2COc2ccccc2-c2cc(C(C)(C)CC(C)(C)C)cc(-n3c4ccc(C(C)(C)C)cc4c4cc(C(C)(C)C)ccc43)c2O)c(O)c(-n2c3ccc(C(C)(C)C)cc3c3cc(C(C)(C)C)ccc32)c1.[CH3-].[CH3-].[Zr+2]. The van der Waals surface area contributed by atoms with Crippen molar-refractivity contribution in [2.45, 2.75) is 231 Å². The maximum atomic E-state index is 13.2. The van der Waals surface area contributed by atoms with Crippen LogP contribution in [0.5, 0.6) is 23.0 Å². The zero-order valence-corrected chi connectivity index (χ0v) is 66.2. The molecule has 0 radical (unpaired) electrons. The van der Waals surface area contributed by atoms with Gasteiger partial charge in [0.2, 0.25) is 0 Å². The fourth-order valence-corrected chi connectivity index (χ4v) is 15.8. The number of para-hydroxylation sites is 2. The van der Waals surface area contributed by atoms with E-state index in [1.807, 2.05) is 0 Å². The van der Waals surface area contributed by atoms with Crippen molar-refractivity contribution in [3.05, 3.63) is 194 Å². The van der Waals surface area contributed by atoms with Crippen LogP contribution in [0.25, 0.3) is 77.2 Å². The number of aromatic hydroxyl groups is 2. The fourth-order valence-electron chi connectivity index (χ4n) is 15.8. The topological polar surface area (TPSA) is 68.8 Å². The van der Waals surface area contributed by atoms with E-state index in [1.165, 1.54) is 54.9 Å². The minimum absolute atomic E-state index is 0. The van der Waals surface area contributed by atoms with E-state index in [9.17, 15) is 10.2 Å². The Hall–Kier alpha value is -6.56. The number of phenols is 2. The van der Waals surface area contributed by atoms with E-state index in [4.69, 9.17) is 9.47 Å². The molecule has 10 aromatic rings. The maximum Gasteiger partial charge on any atom is 2.00 e. The van der Waals surface area contributed by atoms with Crippen LogP contribution >= 0.6 is 0 Å². The van der Waals surface area contributed by atoms with E-state index in [0.29, 0.717) is 13.2 Å². The third kappa shape index (κ3) is 16.1. The summed E-state index contributed by atoms with van der Waals surface area (Å²) >= 11 is 0. The molecule has 98 heavy (non-hydrogen) atoms. The van der Waals surface area contributed by atoms with Crippen molar-refractivity contribution in [3.63, 3.8) is 0 Å².